The van der Waals surface area contributed by atoms with Gasteiger partial charge in [-0.25, -0.2) is 4.79 Å². The van der Waals surface area contributed by atoms with Gasteiger partial charge in [-0.3, -0.25) is 9.59 Å². The standard InChI is InChI=1S/C29H18Cl3NO7/c30-21-12-22(31)28(37)27(32)17(21)7-8-25(36)33-13-1-4-16(20(9-13)29(38)39)26-18-5-2-14(34)10-23(18)40-24-11-15(35)3-6-19(24)26/h1-6,9-12,34,37H,7-8H2,(H,33,36)(H,38,39). The van der Waals surface area contributed by atoms with Crippen LogP contribution < -0.4 is 10.7 Å². The number of amides is 1. The number of nitrogens with one attached hydrogen (secondary N) is 1. The van der Waals surface area contributed by atoms with E-state index in [4.69, 9.17) is 39.2 Å². The molecule has 3 aromatic carbocycles. The van der Waals surface area contributed by atoms with E-state index < -0.39 is 11.9 Å². The van der Waals surface area contributed by atoms with Crippen molar-refractivity contribution in [1.29, 1.82) is 0 Å². The van der Waals surface area contributed by atoms with Crippen LogP contribution in [0.5, 0.6) is 11.5 Å². The van der Waals surface area contributed by atoms with Gasteiger partial charge < -0.3 is 25.1 Å². The number of carboxylic acids is 1. The van der Waals surface area contributed by atoms with Gasteiger partial charge in [0.1, 0.15) is 17.1 Å². The second-order valence-electron chi connectivity index (χ2n) is 8.91. The van der Waals surface area contributed by atoms with Crippen molar-refractivity contribution < 1.29 is 29.3 Å². The fourth-order valence-electron chi connectivity index (χ4n) is 4.48. The van der Waals surface area contributed by atoms with Crippen molar-refractivity contribution in [3.05, 3.63) is 97.1 Å². The Labute approximate surface area is 241 Å². The Hall–Kier alpha value is -4.24. The molecule has 0 saturated carbocycles. The summed E-state index contributed by atoms with van der Waals surface area (Å²) in [4.78, 5) is 37.1. The maximum Gasteiger partial charge on any atom is 0.336 e. The number of aromatic carboxylic acids is 1. The lowest BCUT2D eigenvalue weighted by Crippen LogP contribution is -2.13. The first-order valence-corrected chi connectivity index (χ1v) is 12.9. The van der Waals surface area contributed by atoms with Gasteiger partial charge in [-0.15, -0.1) is 0 Å². The molecular weight excluding hydrogens is 581 g/mol. The molecule has 11 heteroatoms. The van der Waals surface area contributed by atoms with Crippen LogP contribution in [0.2, 0.25) is 15.1 Å². The molecule has 0 atom stereocenters. The molecule has 2 aliphatic rings. The molecular formula is C29H18Cl3NO7. The third kappa shape index (κ3) is 5.16. The molecule has 0 saturated heterocycles. The number of fused-ring (bicyclic) bond motifs is 2. The van der Waals surface area contributed by atoms with Crippen molar-refractivity contribution in [3.63, 3.8) is 0 Å². The van der Waals surface area contributed by atoms with Crippen molar-refractivity contribution in [2.45, 2.75) is 12.8 Å². The molecule has 0 bridgehead atoms. The molecule has 40 heavy (non-hydrogen) atoms. The van der Waals surface area contributed by atoms with Gasteiger partial charge in [-0.1, -0.05) is 40.9 Å². The van der Waals surface area contributed by atoms with E-state index in [1.165, 1.54) is 36.4 Å². The number of carbonyl (C=O) groups excluding carboxylic acids is 1. The first-order valence-electron chi connectivity index (χ1n) is 11.8. The molecule has 4 N–H and O–H groups in total. The number of phenols is 2. The maximum atomic E-state index is 12.7. The molecule has 1 aliphatic carbocycles. The summed E-state index contributed by atoms with van der Waals surface area (Å²) in [5.41, 5.74) is 1.73. The van der Waals surface area contributed by atoms with Crippen molar-refractivity contribution in [3.8, 4) is 33.9 Å². The van der Waals surface area contributed by atoms with Gasteiger partial charge in [-0.05, 0) is 60.0 Å². The predicted molar refractivity (Wildman–Crippen MR) is 153 cm³/mol. The number of aromatic hydroxyl groups is 2. The summed E-state index contributed by atoms with van der Waals surface area (Å²) in [6.07, 6.45) is 0.0271. The highest BCUT2D eigenvalue weighted by atomic mass is 35.5. The molecule has 3 aromatic rings. The summed E-state index contributed by atoms with van der Waals surface area (Å²) in [5, 5.41) is 33.3. The first-order chi connectivity index (χ1) is 19.0. The number of carbonyl (C=O) groups is 2. The zero-order valence-electron chi connectivity index (χ0n) is 20.3. The third-order valence-electron chi connectivity index (χ3n) is 6.32. The van der Waals surface area contributed by atoms with Crippen molar-refractivity contribution >= 4 is 63.3 Å². The van der Waals surface area contributed by atoms with Crippen LogP contribution in [0.15, 0.2) is 69.9 Å². The quantitative estimate of drug-likeness (QED) is 0.152. The Balaban J connectivity index is 1.51. The smallest absolute Gasteiger partial charge is 0.336 e. The number of rotatable bonds is 6. The van der Waals surface area contributed by atoms with Gasteiger partial charge in [0.2, 0.25) is 5.91 Å². The number of hydrogen-bond donors (Lipinski definition) is 4. The van der Waals surface area contributed by atoms with Gasteiger partial charge >= 0.3 is 5.97 Å². The van der Waals surface area contributed by atoms with Crippen molar-refractivity contribution in [2.24, 2.45) is 0 Å². The van der Waals surface area contributed by atoms with Gasteiger partial charge in [0.15, 0.2) is 11.2 Å². The Morgan fingerprint density at radius 3 is 2.38 bits per heavy atom. The Morgan fingerprint density at radius 1 is 0.875 bits per heavy atom. The highest BCUT2D eigenvalue weighted by molar-refractivity contribution is 6.41. The van der Waals surface area contributed by atoms with E-state index in [1.54, 1.807) is 24.3 Å². The largest absolute Gasteiger partial charge is 0.508 e. The second kappa shape index (κ2) is 10.7. The van der Waals surface area contributed by atoms with Crippen LogP contribution in [0.3, 0.4) is 0 Å². The van der Waals surface area contributed by atoms with Gasteiger partial charge in [0.25, 0.3) is 0 Å². The van der Waals surface area contributed by atoms with E-state index in [0.717, 1.165) is 0 Å². The highest BCUT2D eigenvalue weighted by Crippen LogP contribution is 2.43. The predicted octanol–water partition coefficient (Wildman–Crippen LogP) is 7.21. The summed E-state index contributed by atoms with van der Waals surface area (Å²) in [7, 11) is 0. The molecule has 202 valence electrons. The summed E-state index contributed by atoms with van der Waals surface area (Å²) < 4.78 is 5.83. The van der Waals surface area contributed by atoms with E-state index in [9.17, 15) is 29.7 Å². The molecule has 5 rings (SSSR count). The molecule has 1 aliphatic heterocycles. The third-order valence-corrected chi connectivity index (χ3v) is 7.36. The normalized spacial score (nSPS) is 11.2. The molecule has 0 radical (unpaired) electrons. The minimum Gasteiger partial charge on any atom is -0.508 e. The van der Waals surface area contributed by atoms with E-state index in [-0.39, 0.29) is 67.4 Å². The number of benzene rings is 4. The van der Waals surface area contributed by atoms with Crippen LogP contribution in [0.1, 0.15) is 22.3 Å². The number of anilines is 1. The number of hydrogen-bond acceptors (Lipinski definition) is 6. The van der Waals surface area contributed by atoms with Crippen LogP contribution in [-0.2, 0) is 11.2 Å². The van der Waals surface area contributed by atoms with Gasteiger partial charge in [0, 0.05) is 45.8 Å². The Morgan fingerprint density at radius 2 is 1.62 bits per heavy atom. The first kappa shape index (κ1) is 27.3. The lowest BCUT2D eigenvalue weighted by molar-refractivity contribution is -0.116. The average molecular weight is 599 g/mol. The number of phenolic OH excluding ortho intramolecular Hbond substituents is 2. The minimum absolute atomic E-state index is 0.0117. The lowest BCUT2D eigenvalue weighted by atomic mass is 9.90. The van der Waals surface area contributed by atoms with Crippen LogP contribution in [0.25, 0.3) is 33.4 Å². The van der Waals surface area contributed by atoms with Gasteiger partial charge in [0.05, 0.1) is 15.6 Å². The van der Waals surface area contributed by atoms with Crippen molar-refractivity contribution in [2.75, 3.05) is 5.32 Å². The average Bonchev–Trinajstić information content (AvgIpc) is 2.90. The highest BCUT2D eigenvalue weighted by Gasteiger charge is 2.23. The Kier molecular flexibility index (Phi) is 7.33. The lowest BCUT2D eigenvalue weighted by Gasteiger charge is -2.17. The molecule has 0 aromatic heterocycles. The minimum atomic E-state index is -1.25. The van der Waals surface area contributed by atoms with Crippen molar-refractivity contribution in [1.82, 2.24) is 0 Å². The molecule has 1 heterocycles. The van der Waals surface area contributed by atoms with E-state index in [2.05, 4.69) is 5.32 Å². The zero-order chi connectivity index (χ0) is 28.7. The van der Waals surface area contributed by atoms with E-state index >= 15 is 0 Å². The topological polar surface area (TPSA) is 137 Å². The molecule has 0 unspecified atom stereocenters. The molecule has 1 amide bonds. The summed E-state index contributed by atoms with van der Waals surface area (Å²) in [5.74, 6) is -1.87. The zero-order valence-corrected chi connectivity index (χ0v) is 22.6. The summed E-state index contributed by atoms with van der Waals surface area (Å²) >= 11 is 18.2. The van der Waals surface area contributed by atoms with E-state index in [1.807, 2.05) is 0 Å². The monoisotopic (exact) mass is 597 g/mol. The number of carboxylic acid groups (broad SMARTS) is 1. The maximum absolute atomic E-state index is 12.7. The summed E-state index contributed by atoms with van der Waals surface area (Å²) in [6, 6.07) is 14.4. The SMILES string of the molecule is O=C(CCc1c(Cl)cc(Cl)c(O)c1Cl)Nc1ccc(-c2c3ccc(=O)cc-3oc3cc(O)ccc23)c(C(=O)O)c1. The fourth-order valence-corrected chi connectivity index (χ4v) is 5.43. The molecule has 8 nitrogen and oxygen atoms in total. The molecule has 0 fully saturated rings. The molecule has 0 spiro atoms. The van der Waals surface area contributed by atoms with E-state index in [0.29, 0.717) is 27.6 Å². The summed E-state index contributed by atoms with van der Waals surface area (Å²) in [6.45, 7) is 0. The van der Waals surface area contributed by atoms with Crippen LogP contribution >= 0.6 is 34.8 Å². The van der Waals surface area contributed by atoms with Gasteiger partial charge in [-0.2, -0.15) is 0 Å². The fraction of sp³-hybridized carbons (Fsp3) is 0.0690. The number of halogens is 3. The van der Waals surface area contributed by atoms with Crippen LogP contribution in [0.4, 0.5) is 5.69 Å². The second-order valence-corrected chi connectivity index (χ2v) is 10.1. The van der Waals surface area contributed by atoms with Crippen LogP contribution in [-0.4, -0.2) is 27.2 Å². The van der Waals surface area contributed by atoms with Crippen LogP contribution in [0, 0.1) is 0 Å². The Bertz CT molecular complexity index is 1870.